The summed E-state index contributed by atoms with van der Waals surface area (Å²) in [6.07, 6.45) is 0.641. The van der Waals surface area contributed by atoms with Crippen LogP contribution in [0.25, 0.3) is 22.1 Å². The minimum absolute atomic E-state index is 0. The number of nitrogens with zero attached hydrogens (tertiary/aromatic N) is 5. The van der Waals surface area contributed by atoms with Crippen molar-refractivity contribution in [1.82, 2.24) is 30.2 Å². The minimum Gasteiger partial charge on any atom is -0.480 e. The Labute approximate surface area is 435 Å². The lowest BCUT2D eigenvalue weighted by Crippen LogP contribution is -2.43. The molecule has 2 aromatic heterocycles. The number of esters is 1. The van der Waals surface area contributed by atoms with Crippen LogP contribution in [0.2, 0.25) is 0 Å². The van der Waals surface area contributed by atoms with Crippen molar-refractivity contribution in [2.24, 2.45) is 5.73 Å². The fourth-order valence-electron chi connectivity index (χ4n) is 7.71. The molecule has 75 heavy (non-hydrogen) atoms. The van der Waals surface area contributed by atoms with Gasteiger partial charge < -0.3 is 45.3 Å². The predicted octanol–water partition coefficient (Wildman–Crippen LogP) is 7.82. The van der Waals surface area contributed by atoms with E-state index in [4.69, 9.17) is 30.2 Å². The number of ether oxygens (including phenoxy) is 4. The van der Waals surface area contributed by atoms with Crippen LogP contribution in [0.3, 0.4) is 0 Å². The van der Waals surface area contributed by atoms with Crippen molar-refractivity contribution in [3.8, 4) is 11.8 Å². The number of hydrogen-bond donors (Lipinski definition) is 5. The molecule has 0 radical (unpaired) electrons. The van der Waals surface area contributed by atoms with Crippen LogP contribution in [0.5, 0.6) is 11.8 Å². The number of fused-ring (bicyclic) bond motifs is 2. The third kappa shape index (κ3) is 15.9. The van der Waals surface area contributed by atoms with Crippen LogP contribution in [-0.2, 0) is 30.9 Å². The van der Waals surface area contributed by atoms with Gasteiger partial charge in [0.2, 0.25) is 11.8 Å². The molecule has 2 aliphatic rings. The summed E-state index contributed by atoms with van der Waals surface area (Å²) in [6, 6.07) is 31.4. The fraction of sp³-hybridized carbons (Fsp3) is 0.340. The lowest BCUT2D eigenvalue weighted by molar-refractivity contribution is -0.143. The van der Waals surface area contributed by atoms with E-state index < -0.39 is 90.3 Å². The molecule has 1 amide bonds. The highest BCUT2D eigenvalue weighted by molar-refractivity contribution is 5.85. The van der Waals surface area contributed by atoms with Crippen LogP contribution in [0.1, 0.15) is 62.2 Å². The molecular formula is C53H58ClF4N7O10. The molecule has 0 aliphatic carbocycles. The van der Waals surface area contributed by atoms with Gasteiger partial charge in [0.25, 0.3) is 0 Å². The van der Waals surface area contributed by atoms with Gasteiger partial charge in [0.1, 0.15) is 29.9 Å². The van der Waals surface area contributed by atoms with E-state index in [1.165, 1.54) is 13.2 Å². The van der Waals surface area contributed by atoms with Gasteiger partial charge in [-0.25, -0.2) is 29.5 Å². The molecule has 0 saturated carbocycles. The number of carboxylic acid groups (broad SMARTS) is 1. The predicted molar refractivity (Wildman–Crippen MR) is 272 cm³/mol. The van der Waals surface area contributed by atoms with Gasteiger partial charge in [-0.1, -0.05) is 97.1 Å². The van der Waals surface area contributed by atoms with Gasteiger partial charge in [-0.05, 0) is 68.3 Å². The number of nitrogens with two attached hydrogens (primary N) is 1. The van der Waals surface area contributed by atoms with Crippen molar-refractivity contribution in [3.05, 3.63) is 156 Å². The van der Waals surface area contributed by atoms with Gasteiger partial charge >= 0.3 is 29.9 Å². The molecule has 8 rings (SSSR count). The first-order valence-corrected chi connectivity index (χ1v) is 23.3. The highest BCUT2D eigenvalue weighted by atomic mass is 35.5. The molecular weight excluding hydrogens is 1010 g/mol. The van der Waals surface area contributed by atoms with Gasteiger partial charge in [0, 0.05) is 19.4 Å². The lowest BCUT2D eigenvalue weighted by atomic mass is 10.00. The number of carboxylic acids is 1. The quantitative estimate of drug-likeness (QED) is 0.0397. The number of aliphatic carboxylic acids is 1. The van der Waals surface area contributed by atoms with E-state index >= 15 is 0 Å². The Hall–Kier alpha value is -7.30. The summed E-state index contributed by atoms with van der Waals surface area (Å²) in [7, 11) is 1.28. The third-order valence-electron chi connectivity index (χ3n) is 11.2. The van der Waals surface area contributed by atoms with Crippen molar-refractivity contribution in [1.29, 1.82) is 0 Å². The summed E-state index contributed by atoms with van der Waals surface area (Å²) in [6.45, 7) is 3.89. The van der Waals surface area contributed by atoms with Gasteiger partial charge in [-0.15, -0.1) is 12.4 Å². The Morgan fingerprint density at radius 2 is 1.13 bits per heavy atom. The number of benzene rings is 4. The molecule has 4 heterocycles. The highest BCUT2D eigenvalue weighted by Gasteiger charge is 2.45. The van der Waals surface area contributed by atoms with Crippen molar-refractivity contribution < 1.29 is 66.2 Å². The number of halogens is 5. The second kappa shape index (κ2) is 26.3. The normalized spacial score (nSPS) is 17.7. The lowest BCUT2D eigenvalue weighted by Gasteiger charge is -2.26. The molecule has 4 atom stereocenters. The number of aliphatic hydroxyl groups is 2. The van der Waals surface area contributed by atoms with E-state index in [9.17, 15) is 37.1 Å². The van der Waals surface area contributed by atoms with E-state index in [1.807, 2.05) is 36.4 Å². The second-order valence-corrected chi connectivity index (χ2v) is 17.9. The van der Waals surface area contributed by atoms with Gasteiger partial charge in [0.15, 0.2) is 11.4 Å². The summed E-state index contributed by atoms with van der Waals surface area (Å²) in [5.41, 5.74) is 7.36. The van der Waals surface area contributed by atoms with E-state index in [0.717, 1.165) is 28.2 Å². The van der Waals surface area contributed by atoms with Crippen molar-refractivity contribution >= 4 is 52.5 Å². The molecule has 2 saturated heterocycles. The van der Waals surface area contributed by atoms with Crippen LogP contribution in [-0.4, -0.2) is 121 Å². The monoisotopic (exact) mass is 1060 g/mol. The van der Waals surface area contributed by atoms with E-state index in [1.54, 1.807) is 63.2 Å². The van der Waals surface area contributed by atoms with Crippen LogP contribution in [0.4, 0.5) is 22.4 Å². The van der Waals surface area contributed by atoms with Crippen LogP contribution in [0.15, 0.2) is 133 Å². The van der Waals surface area contributed by atoms with Crippen molar-refractivity contribution in [2.45, 2.75) is 81.4 Å². The number of aliphatic hydroxyl groups excluding tert-OH is 2. The van der Waals surface area contributed by atoms with Crippen LogP contribution < -0.4 is 20.5 Å². The molecule has 2 aliphatic heterocycles. The topological polar surface area (TPSA) is 242 Å². The van der Waals surface area contributed by atoms with Gasteiger partial charge in [-0.2, -0.15) is 17.6 Å². The number of allylic oxidation sites excluding steroid dienone is 2. The molecule has 6 N–H and O–H groups in total. The summed E-state index contributed by atoms with van der Waals surface area (Å²) in [5, 5.41) is 30.2. The maximum absolute atomic E-state index is 14.8. The third-order valence-corrected chi connectivity index (χ3v) is 11.2. The number of methoxy groups -OCH3 is 1. The Bertz CT molecular complexity index is 2880. The number of para-hydroxylation sites is 4. The molecule has 0 spiro atoms. The number of nitrogens with one attached hydrogen (secondary N) is 1. The van der Waals surface area contributed by atoms with Gasteiger partial charge in [0.05, 0.1) is 55.0 Å². The molecule has 6 aromatic rings. The molecule has 0 unspecified atom stereocenters. The van der Waals surface area contributed by atoms with Crippen LogP contribution >= 0.6 is 12.4 Å². The second-order valence-electron chi connectivity index (χ2n) is 17.9. The summed E-state index contributed by atoms with van der Waals surface area (Å²) in [5.74, 6) is -9.61. The molecule has 22 heteroatoms. The van der Waals surface area contributed by atoms with Crippen LogP contribution in [0, 0.1) is 0 Å². The standard InChI is InChI=1S/C22H25F2N3O6.C18H19F2N3O4.C13H13N.ClH/c1-21(2,3)33-20(31)27-12-13(11-16(27)19(29)30)32-18-17(22(23,24)9-6-10-28)25-14-7-4-5-8-15(14)26-18;1-26-17(25)14-9-11(10-21-14)27-16-15(18(19,20)7-4-8-24)22-12-5-2-3-6-13(12)23-16;14-13(11-7-3-1-4-8-11)12-9-5-2-6-10-12;/h4-9,13,16,28H,10-12H2,1-3H3,(H,29,30);2-7,11,14,21,24H,8-10H2,1H3;1-10,13H,14H2;1H/b9-6+;7-4+;;/t13-,16+;11-,14+;;/m11../s1. The first-order chi connectivity index (χ1) is 35.2. The molecule has 400 valence electrons. The summed E-state index contributed by atoms with van der Waals surface area (Å²) >= 11 is 0. The zero-order valence-corrected chi connectivity index (χ0v) is 42.1. The average molecular weight is 1060 g/mol. The Morgan fingerprint density at radius 1 is 0.707 bits per heavy atom. The van der Waals surface area contributed by atoms with E-state index in [0.29, 0.717) is 28.7 Å². The number of carbonyl (C=O) groups excluding carboxylic acids is 2. The first kappa shape index (κ1) is 58.6. The number of hydrogen-bond acceptors (Lipinski definition) is 15. The molecule has 4 aromatic carbocycles. The molecule has 2 fully saturated rings. The smallest absolute Gasteiger partial charge is 0.411 e. The van der Waals surface area contributed by atoms with Crippen molar-refractivity contribution in [2.75, 3.05) is 33.4 Å². The number of likely N-dealkylation sites (tertiary alicyclic amines) is 1. The number of amides is 1. The van der Waals surface area contributed by atoms with Gasteiger partial charge in [-0.3, -0.25) is 9.69 Å². The Morgan fingerprint density at radius 3 is 1.55 bits per heavy atom. The largest absolute Gasteiger partial charge is 0.480 e. The maximum atomic E-state index is 14.8. The zero-order valence-electron chi connectivity index (χ0n) is 41.3. The molecule has 0 bridgehead atoms. The van der Waals surface area contributed by atoms with E-state index in [-0.39, 0.29) is 55.8 Å². The number of aromatic nitrogens is 4. The van der Waals surface area contributed by atoms with E-state index in [2.05, 4.69) is 54.3 Å². The van der Waals surface area contributed by atoms with Crippen molar-refractivity contribution in [3.63, 3.8) is 0 Å². The average Bonchev–Trinajstić information content (AvgIpc) is 4.05. The Kier molecular flexibility index (Phi) is 20.5. The minimum atomic E-state index is -3.62. The Balaban J connectivity index is 0.000000222. The fourth-order valence-corrected chi connectivity index (χ4v) is 7.71. The first-order valence-electron chi connectivity index (χ1n) is 23.3. The number of carbonyl (C=O) groups is 3. The zero-order chi connectivity index (χ0) is 53.6. The summed E-state index contributed by atoms with van der Waals surface area (Å²) < 4.78 is 80.2. The number of rotatable bonds is 14. The maximum Gasteiger partial charge on any atom is 0.411 e. The molecule has 17 nitrogen and oxygen atoms in total. The SMILES string of the molecule is CC(C)(C)OC(=O)N1C[C@H](Oc2nc3ccccc3nc2C(F)(F)/C=C/CO)C[C@H]1C(=O)O.COC(=O)[C@@H]1C[C@@H](Oc2nc3ccccc3nc2C(F)(F)/C=C/CO)CN1.Cl.NC(c1ccccc1)c1ccccc1. The number of alkyl halides is 4. The summed E-state index contributed by atoms with van der Waals surface area (Å²) in [4.78, 5) is 53.2. The highest BCUT2D eigenvalue weighted by Crippen LogP contribution is 2.38.